The highest BCUT2D eigenvalue weighted by molar-refractivity contribution is 6.46. The molecule has 1 saturated heterocycles. The molecule has 1 aliphatic heterocycles. The van der Waals surface area contributed by atoms with Crippen LogP contribution >= 0.6 is 11.6 Å². The van der Waals surface area contributed by atoms with Crippen LogP contribution in [0.3, 0.4) is 0 Å². The van der Waals surface area contributed by atoms with Crippen molar-refractivity contribution < 1.29 is 14.7 Å². The number of carbonyl (C=O) groups is 2. The number of ketones is 1. The minimum atomic E-state index is -0.741. The van der Waals surface area contributed by atoms with E-state index in [-0.39, 0.29) is 11.3 Å². The smallest absolute Gasteiger partial charge is 0.295 e. The van der Waals surface area contributed by atoms with Gasteiger partial charge in [-0.2, -0.15) is 0 Å². The zero-order valence-electron chi connectivity index (χ0n) is 16.8. The third kappa shape index (κ3) is 4.16. The van der Waals surface area contributed by atoms with Crippen LogP contribution < -0.4 is 0 Å². The Bertz CT molecular complexity index is 1000. The van der Waals surface area contributed by atoms with Gasteiger partial charge in [0, 0.05) is 24.3 Å². The number of aromatic nitrogens is 2. The molecule has 8 heteroatoms. The monoisotopic (exact) mass is 414 g/mol. The predicted octanol–water partition coefficient (Wildman–Crippen LogP) is 2.73. The van der Waals surface area contributed by atoms with Crippen LogP contribution in [0.25, 0.3) is 5.76 Å². The summed E-state index contributed by atoms with van der Waals surface area (Å²) >= 11 is 6.16. The fraction of sp³-hybridized carbons (Fsp3) is 0.333. The van der Waals surface area contributed by atoms with Gasteiger partial charge >= 0.3 is 0 Å². The third-order valence-electron chi connectivity index (χ3n) is 4.85. The molecule has 3 rings (SSSR count). The van der Waals surface area contributed by atoms with Crippen LogP contribution in [-0.2, 0) is 9.59 Å². The number of hydrogen-bond acceptors (Lipinski definition) is 6. The molecule has 0 spiro atoms. The van der Waals surface area contributed by atoms with Gasteiger partial charge in [0.2, 0.25) is 0 Å². The van der Waals surface area contributed by atoms with E-state index >= 15 is 0 Å². The van der Waals surface area contributed by atoms with Crippen molar-refractivity contribution in [2.24, 2.45) is 0 Å². The molecule has 29 heavy (non-hydrogen) atoms. The van der Waals surface area contributed by atoms with Gasteiger partial charge in [-0.1, -0.05) is 23.7 Å². The fourth-order valence-corrected chi connectivity index (χ4v) is 3.60. The molecule has 0 aliphatic carbocycles. The van der Waals surface area contributed by atoms with E-state index in [1.54, 1.807) is 38.1 Å². The molecule has 0 radical (unpaired) electrons. The summed E-state index contributed by atoms with van der Waals surface area (Å²) in [7, 11) is 3.77. The minimum absolute atomic E-state index is 0.0200. The van der Waals surface area contributed by atoms with Crippen molar-refractivity contribution in [1.29, 1.82) is 0 Å². The van der Waals surface area contributed by atoms with Gasteiger partial charge in [0.1, 0.15) is 11.6 Å². The molecule has 1 N–H and O–H groups in total. The number of Topliss-reactive ketones (excluding diaryl/α,β-unsaturated/α-hetero) is 1. The normalized spacial score (nSPS) is 18.7. The third-order valence-corrected chi connectivity index (χ3v) is 5.08. The van der Waals surface area contributed by atoms with Gasteiger partial charge in [-0.05, 0) is 45.6 Å². The van der Waals surface area contributed by atoms with E-state index in [1.165, 1.54) is 11.1 Å². The van der Waals surface area contributed by atoms with Crippen LogP contribution in [0.15, 0.2) is 36.0 Å². The summed E-state index contributed by atoms with van der Waals surface area (Å²) in [5.41, 5.74) is 1.53. The van der Waals surface area contributed by atoms with E-state index in [1.807, 2.05) is 19.0 Å². The van der Waals surface area contributed by atoms with E-state index in [9.17, 15) is 14.7 Å². The summed E-state index contributed by atoms with van der Waals surface area (Å²) in [6, 6.07) is 6.22. The summed E-state index contributed by atoms with van der Waals surface area (Å²) in [5.74, 6) is -1.11. The summed E-state index contributed by atoms with van der Waals surface area (Å²) in [5, 5.41) is 11.5. The molecule has 0 bridgehead atoms. The maximum Gasteiger partial charge on any atom is 0.295 e. The van der Waals surface area contributed by atoms with Crippen molar-refractivity contribution in [3.63, 3.8) is 0 Å². The molecule has 1 aromatic heterocycles. The molecule has 0 saturated carbocycles. The molecular formula is C21H23ClN4O3. The van der Waals surface area contributed by atoms with Crippen LogP contribution in [0.5, 0.6) is 0 Å². The van der Waals surface area contributed by atoms with E-state index in [0.29, 0.717) is 40.8 Å². The standard InChI is InChI=1S/C21H23ClN4O3/c1-12-16(11-23-13(2)24-12)19(27)17-18(14-6-5-7-15(22)10-14)26(9-8-25(3)4)21(29)20(17)28/h5-7,10-11,18,27H,8-9H2,1-4H3/b19-17+/t18-/m1/s1. The summed E-state index contributed by atoms with van der Waals surface area (Å²) in [6.45, 7) is 4.36. The first-order valence-electron chi connectivity index (χ1n) is 9.20. The molecule has 1 aromatic carbocycles. The Labute approximate surface area is 174 Å². The fourth-order valence-electron chi connectivity index (χ4n) is 3.40. The highest BCUT2D eigenvalue weighted by Gasteiger charge is 2.46. The van der Waals surface area contributed by atoms with Crippen molar-refractivity contribution >= 4 is 29.1 Å². The van der Waals surface area contributed by atoms with E-state index in [4.69, 9.17) is 11.6 Å². The maximum absolute atomic E-state index is 12.9. The number of amides is 1. The van der Waals surface area contributed by atoms with Gasteiger partial charge < -0.3 is 14.9 Å². The van der Waals surface area contributed by atoms with Crippen molar-refractivity contribution in [3.8, 4) is 0 Å². The number of rotatable bonds is 5. The van der Waals surface area contributed by atoms with Crippen LogP contribution in [0.1, 0.15) is 28.7 Å². The predicted molar refractivity (Wildman–Crippen MR) is 111 cm³/mol. The number of hydrogen-bond donors (Lipinski definition) is 1. The second-order valence-corrected chi connectivity index (χ2v) is 7.70. The first kappa shape index (κ1) is 21.0. The average Bonchev–Trinajstić information content (AvgIpc) is 2.90. The number of nitrogens with zero attached hydrogens (tertiary/aromatic N) is 4. The Morgan fingerprint density at radius 3 is 2.62 bits per heavy atom. The number of carbonyl (C=O) groups excluding carboxylic acids is 2. The highest BCUT2D eigenvalue weighted by Crippen LogP contribution is 2.40. The molecule has 152 valence electrons. The first-order valence-corrected chi connectivity index (χ1v) is 9.57. The van der Waals surface area contributed by atoms with Crippen molar-refractivity contribution in [3.05, 3.63) is 63.7 Å². The Kier molecular flexibility index (Phi) is 6.00. The number of halogens is 1. The first-order chi connectivity index (χ1) is 13.7. The quantitative estimate of drug-likeness (QED) is 0.460. The van der Waals surface area contributed by atoms with Crippen molar-refractivity contribution in [1.82, 2.24) is 19.8 Å². The van der Waals surface area contributed by atoms with Gasteiger partial charge in [-0.15, -0.1) is 0 Å². The molecule has 7 nitrogen and oxygen atoms in total. The Balaban J connectivity index is 2.19. The highest BCUT2D eigenvalue weighted by atomic mass is 35.5. The van der Waals surface area contributed by atoms with Gasteiger partial charge in [0.15, 0.2) is 0 Å². The number of benzene rings is 1. The Hall–Kier alpha value is -2.77. The number of aliphatic hydroxyl groups excluding tert-OH is 1. The lowest BCUT2D eigenvalue weighted by Crippen LogP contribution is -2.35. The zero-order chi connectivity index (χ0) is 21.3. The molecule has 2 heterocycles. The topological polar surface area (TPSA) is 86.6 Å². The Morgan fingerprint density at radius 1 is 1.28 bits per heavy atom. The molecule has 0 unspecified atom stereocenters. The number of aliphatic hydroxyl groups is 1. The average molecular weight is 415 g/mol. The lowest BCUT2D eigenvalue weighted by atomic mass is 9.95. The SMILES string of the molecule is Cc1ncc(/C(O)=C2\C(=O)C(=O)N(CCN(C)C)[C@@H]2c2cccc(Cl)c2)c(C)n1. The summed E-state index contributed by atoms with van der Waals surface area (Å²) in [4.78, 5) is 37.5. The molecule has 1 atom stereocenters. The largest absolute Gasteiger partial charge is 0.507 e. The number of likely N-dealkylation sites (tertiary alicyclic amines) is 1. The van der Waals surface area contributed by atoms with Gasteiger partial charge in [0.25, 0.3) is 11.7 Å². The van der Waals surface area contributed by atoms with Crippen LogP contribution in [0.2, 0.25) is 5.02 Å². The van der Waals surface area contributed by atoms with E-state index in [0.717, 1.165) is 0 Å². The molecule has 1 fully saturated rings. The summed E-state index contributed by atoms with van der Waals surface area (Å²) < 4.78 is 0. The van der Waals surface area contributed by atoms with Gasteiger partial charge in [-0.3, -0.25) is 9.59 Å². The van der Waals surface area contributed by atoms with E-state index in [2.05, 4.69) is 9.97 Å². The second kappa shape index (κ2) is 8.31. The van der Waals surface area contributed by atoms with Crippen LogP contribution in [0, 0.1) is 13.8 Å². The van der Waals surface area contributed by atoms with Crippen molar-refractivity contribution in [2.45, 2.75) is 19.9 Å². The number of likely N-dealkylation sites (N-methyl/N-ethyl adjacent to an activating group) is 1. The lowest BCUT2D eigenvalue weighted by Gasteiger charge is -2.26. The molecule has 1 aliphatic rings. The zero-order valence-corrected chi connectivity index (χ0v) is 17.6. The maximum atomic E-state index is 12.9. The molecule has 1 amide bonds. The number of aryl methyl sites for hydroxylation is 2. The van der Waals surface area contributed by atoms with Crippen molar-refractivity contribution in [2.75, 3.05) is 27.2 Å². The molecule has 2 aromatic rings. The van der Waals surface area contributed by atoms with Gasteiger partial charge in [-0.25, -0.2) is 9.97 Å². The molecular weight excluding hydrogens is 392 g/mol. The summed E-state index contributed by atoms with van der Waals surface area (Å²) in [6.07, 6.45) is 1.47. The minimum Gasteiger partial charge on any atom is -0.507 e. The lowest BCUT2D eigenvalue weighted by molar-refractivity contribution is -0.140. The van der Waals surface area contributed by atoms with Crippen LogP contribution in [0.4, 0.5) is 0 Å². The van der Waals surface area contributed by atoms with E-state index < -0.39 is 17.7 Å². The van der Waals surface area contributed by atoms with Crippen LogP contribution in [-0.4, -0.2) is 63.7 Å². The van der Waals surface area contributed by atoms with Gasteiger partial charge in [0.05, 0.1) is 22.9 Å². The second-order valence-electron chi connectivity index (χ2n) is 7.27. The Morgan fingerprint density at radius 2 is 2.00 bits per heavy atom.